The number of ether oxygens (including phenoxy) is 1. The van der Waals surface area contributed by atoms with Crippen molar-refractivity contribution in [1.29, 1.82) is 0 Å². The van der Waals surface area contributed by atoms with Gasteiger partial charge in [-0.1, -0.05) is 26.0 Å². The fourth-order valence-corrected chi connectivity index (χ4v) is 3.08. The molecule has 0 saturated carbocycles. The van der Waals surface area contributed by atoms with E-state index in [1.807, 2.05) is 38.3 Å². The summed E-state index contributed by atoms with van der Waals surface area (Å²) in [6.45, 7) is 4.31. The number of nitrogens with one attached hydrogen (secondary N) is 1. The molecule has 0 unspecified atom stereocenters. The third-order valence-electron chi connectivity index (χ3n) is 3.41. The van der Waals surface area contributed by atoms with E-state index in [4.69, 9.17) is 4.74 Å². The largest absolute Gasteiger partial charge is 0.491 e. The average Bonchev–Trinajstić information content (AvgIpc) is 2.40. The van der Waals surface area contributed by atoms with Crippen molar-refractivity contribution in [1.82, 2.24) is 0 Å². The molecule has 110 valence electrons. The van der Waals surface area contributed by atoms with Gasteiger partial charge in [-0.05, 0) is 12.3 Å². The van der Waals surface area contributed by atoms with Crippen molar-refractivity contribution < 1.29 is 14.6 Å². The van der Waals surface area contributed by atoms with Gasteiger partial charge in [0.1, 0.15) is 5.75 Å². The van der Waals surface area contributed by atoms with Crippen molar-refractivity contribution in [3.63, 3.8) is 0 Å². The Labute approximate surface area is 123 Å². The number of amides is 1. The summed E-state index contributed by atoms with van der Waals surface area (Å²) >= 11 is 1.64. The van der Waals surface area contributed by atoms with Gasteiger partial charge in [-0.15, -0.1) is 0 Å². The number of anilines is 1. The molecule has 0 radical (unpaired) electrons. The Hall–Kier alpha value is -1.20. The van der Waals surface area contributed by atoms with E-state index >= 15 is 0 Å². The van der Waals surface area contributed by atoms with Crippen LogP contribution in [-0.4, -0.2) is 29.6 Å². The first-order valence-electron chi connectivity index (χ1n) is 6.70. The quantitative estimate of drug-likeness (QED) is 0.897. The summed E-state index contributed by atoms with van der Waals surface area (Å²) in [5.74, 6) is 1.31. The topological polar surface area (TPSA) is 58.6 Å². The van der Waals surface area contributed by atoms with Gasteiger partial charge in [0.2, 0.25) is 5.91 Å². The molecule has 2 rings (SSSR count). The van der Waals surface area contributed by atoms with Crippen molar-refractivity contribution in [2.75, 3.05) is 23.9 Å². The van der Waals surface area contributed by atoms with Gasteiger partial charge in [-0.25, -0.2) is 0 Å². The minimum atomic E-state index is -0.519. The number of fused-ring (bicyclic) bond motifs is 1. The molecule has 0 aliphatic carbocycles. The van der Waals surface area contributed by atoms with Gasteiger partial charge in [0.05, 0.1) is 23.8 Å². The summed E-state index contributed by atoms with van der Waals surface area (Å²) in [6.07, 6.45) is 2.05. The third kappa shape index (κ3) is 3.10. The van der Waals surface area contributed by atoms with Crippen LogP contribution in [0.3, 0.4) is 0 Å². The van der Waals surface area contributed by atoms with Gasteiger partial charge in [0.15, 0.2) is 0 Å². The predicted octanol–water partition coefficient (Wildman–Crippen LogP) is 2.83. The van der Waals surface area contributed by atoms with Crippen LogP contribution in [0.2, 0.25) is 0 Å². The Kier molecular flexibility index (Phi) is 4.60. The highest BCUT2D eigenvalue weighted by Gasteiger charge is 2.29. The Morgan fingerprint density at radius 3 is 3.00 bits per heavy atom. The lowest BCUT2D eigenvalue weighted by molar-refractivity contribution is -0.122. The van der Waals surface area contributed by atoms with Crippen LogP contribution in [0.15, 0.2) is 18.2 Å². The lowest BCUT2D eigenvalue weighted by Gasteiger charge is -2.27. The summed E-state index contributed by atoms with van der Waals surface area (Å²) in [5.41, 5.74) is 0.937. The van der Waals surface area contributed by atoms with Crippen LogP contribution in [-0.2, 0) is 4.79 Å². The number of aliphatic hydroxyl groups excluding tert-OH is 1. The zero-order valence-corrected chi connectivity index (χ0v) is 12.9. The van der Waals surface area contributed by atoms with Crippen LogP contribution in [0, 0.1) is 5.41 Å². The molecule has 0 bridgehead atoms. The SMILES string of the molecule is CSCC(C)(C)C(=O)Nc1cccc2c1OCC[C@H]2O. The second-order valence-electron chi connectivity index (χ2n) is 5.65. The zero-order valence-electron chi connectivity index (χ0n) is 12.1. The summed E-state index contributed by atoms with van der Waals surface area (Å²) in [5, 5.41) is 12.9. The van der Waals surface area contributed by atoms with Crippen LogP contribution >= 0.6 is 11.8 Å². The molecule has 1 amide bonds. The molecule has 0 aromatic heterocycles. The fraction of sp³-hybridized carbons (Fsp3) is 0.533. The lowest BCUT2D eigenvalue weighted by atomic mass is 9.94. The average molecular weight is 295 g/mol. The maximum absolute atomic E-state index is 12.3. The number of carbonyl (C=O) groups is 1. The Morgan fingerprint density at radius 1 is 1.55 bits per heavy atom. The van der Waals surface area contributed by atoms with Crippen LogP contribution in [0.4, 0.5) is 5.69 Å². The molecule has 0 fully saturated rings. The molecule has 2 N–H and O–H groups in total. The number of hydrogen-bond donors (Lipinski definition) is 2. The highest BCUT2D eigenvalue weighted by molar-refractivity contribution is 7.98. The van der Waals surface area contributed by atoms with Gasteiger partial charge in [-0.3, -0.25) is 4.79 Å². The monoisotopic (exact) mass is 295 g/mol. The van der Waals surface area contributed by atoms with E-state index in [-0.39, 0.29) is 5.91 Å². The summed E-state index contributed by atoms with van der Waals surface area (Å²) in [7, 11) is 0. The molecule has 0 spiro atoms. The molecule has 1 aliphatic heterocycles. The van der Waals surface area contributed by atoms with Crippen molar-refractivity contribution >= 4 is 23.4 Å². The van der Waals surface area contributed by atoms with E-state index in [0.29, 0.717) is 24.5 Å². The minimum absolute atomic E-state index is 0.0380. The Morgan fingerprint density at radius 2 is 2.30 bits per heavy atom. The number of aliphatic hydroxyl groups is 1. The number of rotatable bonds is 4. The van der Waals surface area contributed by atoms with Gasteiger partial charge in [0.25, 0.3) is 0 Å². The Bertz CT molecular complexity index is 502. The molecule has 0 saturated heterocycles. The third-order valence-corrected chi connectivity index (χ3v) is 4.42. The van der Waals surface area contributed by atoms with E-state index in [1.54, 1.807) is 11.8 Å². The molecule has 20 heavy (non-hydrogen) atoms. The standard InChI is InChI=1S/C15H21NO3S/c1-15(2,9-20-3)14(18)16-11-6-4-5-10-12(17)7-8-19-13(10)11/h4-6,12,17H,7-9H2,1-3H3,(H,16,18)/t12-/m1/s1. The normalized spacial score (nSPS) is 18.1. The van der Waals surface area contributed by atoms with Gasteiger partial charge in [0, 0.05) is 17.7 Å². The van der Waals surface area contributed by atoms with E-state index in [0.717, 1.165) is 11.3 Å². The highest BCUT2D eigenvalue weighted by Crippen LogP contribution is 2.38. The van der Waals surface area contributed by atoms with Gasteiger partial charge in [-0.2, -0.15) is 11.8 Å². The summed E-state index contributed by atoms with van der Waals surface area (Å²) in [6, 6.07) is 5.47. The number of benzene rings is 1. The van der Waals surface area contributed by atoms with Crippen LogP contribution in [0.25, 0.3) is 0 Å². The number of carbonyl (C=O) groups excluding carboxylic acids is 1. The fourth-order valence-electron chi connectivity index (χ4n) is 2.22. The van der Waals surface area contributed by atoms with E-state index in [1.165, 1.54) is 0 Å². The van der Waals surface area contributed by atoms with E-state index < -0.39 is 11.5 Å². The van der Waals surface area contributed by atoms with Crippen molar-refractivity contribution in [2.45, 2.75) is 26.4 Å². The highest BCUT2D eigenvalue weighted by atomic mass is 32.2. The summed E-state index contributed by atoms with van der Waals surface area (Å²) in [4.78, 5) is 12.3. The first-order chi connectivity index (χ1) is 9.45. The van der Waals surface area contributed by atoms with E-state index in [2.05, 4.69) is 5.32 Å². The lowest BCUT2D eigenvalue weighted by Crippen LogP contribution is -2.33. The molecule has 1 atom stereocenters. The maximum Gasteiger partial charge on any atom is 0.230 e. The number of para-hydroxylation sites is 1. The molecule has 1 aromatic carbocycles. The molecule has 1 heterocycles. The summed E-state index contributed by atoms with van der Waals surface area (Å²) < 4.78 is 5.62. The first kappa shape index (κ1) is 15.2. The smallest absolute Gasteiger partial charge is 0.230 e. The Balaban J connectivity index is 2.22. The predicted molar refractivity (Wildman–Crippen MR) is 82.3 cm³/mol. The van der Waals surface area contributed by atoms with Crippen molar-refractivity contribution in [2.24, 2.45) is 5.41 Å². The number of thioether (sulfide) groups is 1. The second-order valence-corrected chi connectivity index (χ2v) is 6.51. The van der Waals surface area contributed by atoms with E-state index in [9.17, 15) is 9.90 Å². The molecule has 4 nitrogen and oxygen atoms in total. The zero-order chi connectivity index (χ0) is 14.8. The van der Waals surface area contributed by atoms with Crippen LogP contribution in [0.5, 0.6) is 5.75 Å². The van der Waals surface area contributed by atoms with Crippen LogP contribution < -0.4 is 10.1 Å². The molecular weight excluding hydrogens is 274 g/mol. The minimum Gasteiger partial charge on any atom is -0.491 e. The molecule has 1 aliphatic rings. The van der Waals surface area contributed by atoms with Gasteiger partial charge < -0.3 is 15.2 Å². The van der Waals surface area contributed by atoms with Crippen molar-refractivity contribution in [3.8, 4) is 5.75 Å². The van der Waals surface area contributed by atoms with Crippen molar-refractivity contribution in [3.05, 3.63) is 23.8 Å². The van der Waals surface area contributed by atoms with Gasteiger partial charge >= 0.3 is 0 Å². The maximum atomic E-state index is 12.3. The van der Waals surface area contributed by atoms with Crippen LogP contribution in [0.1, 0.15) is 31.9 Å². The molecular formula is C15H21NO3S. The molecule has 1 aromatic rings. The number of hydrogen-bond acceptors (Lipinski definition) is 4. The first-order valence-corrected chi connectivity index (χ1v) is 8.09. The second kappa shape index (κ2) is 6.06. The molecule has 5 heteroatoms.